The van der Waals surface area contributed by atoms with Crippen LogP contribution >= 0.6 is 11.8 Å². The SMILES string of the molecule is CSC(C)CNC(C)CC1CCCO1. The smallest absolute Gasteiger partial charge is 0.0590 e. The van der Waals surface area contributed by atoms with Gasteiger partial charge in [0.1, 0.15) is 0 Å². The van der Waals surface area contributed by atoms with Crippen LogP contribution in [-0.2, 0) is 4.74 Å². The molecule has 0 amide bonds. The van der Waals surface area contributed by atoms with Gasteiger partial charge in [-0.2, -0.15) is 11.8 Å². The molecule has 0 radical (unpaired) electrons. The Balaban J connectivity index is 2.05. The summed E-state index contributed by atoms with van der Waals surface area (Å²) in [7, 11) is 0. The maximum atomic E-state index is 5.61. The van der Waals surface area contributed by atoms with Crippen LogP contribution in [0.25, 0.3) is 0 Å². The van der Waals surface area contributed by atoms with Gasteiger partial charge in [0, 0.05) is 24.4 Å². The maximum Gasteiger partial charge on any atom is 0.0590 e. The van der Waals surface area contributed by atoms with Crippen molar-refractivity contribution < 1.29 is 4.74 Å². The van der Waals surface area contributed by atoms with E-state index in [9.17, 15) is 0 Å². The van der Waals surface area contributed by atoms with Crippen molar-refractivity contribution >= 4 is 11.8 Å². The highest BCUT2D eigenvalue weighted by molar-refractivity contribution is 7.99. The lowest BCUT2D eigenvalue weighted by atomic mass is 10.1. The Morgan fingerprint density at radius 3 is 2.86 bits per heavy atom. The second-order valence-electron chi connectivity index (χ2n) is 4.23. The predicted molar refractivity (Wildman–Crippen MR) is 64.0 cm³/mol. The predicted octanol–water partition coefficient (Wildman–Crippen LogP) is 2.29. The topological polar surface area (TPSA) is 21.3 Å². The Hall–Kier alpha value is 0.270. The molecule has 0 aliphatic carbocycles. The van der Waals surface area contributed by atoms with Gasteiger partial charge in [-0.1, -0.05) is 6.92 Å². The highest BCUT2D eigenvalue weighted by Crippen LogP contribution is 2.16. The van der Waals surface area contributed by atoms with E-state index in [4.69, 9.17) is 4.74 Å². The van der Waals surface area contributed by atoms with Crippen molar-refractivity contribution in [3.05, 3.63) is 0 Å². The molecule has 0 bridgehead atoms. The Morgan fingerprint density at radius 1 is 1.50 bits per heavy atom. The lowest BCUT2D eigenvalue weighted by Gasteiger charge is -2.19. The second-order valence-corrected chi connectivity index (χ2v) is 5.50. The zero-order valence-electron chi connectivity index (χ0n) is 9.58. The first kappa shape index (κ1) is 12.3. The fourth-order valence-corrected chi connectivity index (χ4v) is 2.02. The van der Waals surface area contributed by atoms with Crippen LogP contribution in [0.2, 0.25) is 0 Å². The molecule has 0 saturated carbocycles. The van der Waals surface area contributed by atoms with Gasteiger partial charge in [-0.25, -0.2) is 0 Å². The summed E-state index contributed by atoms with van der Waals surface area (Å²) in [6.07, 6.45) is 6.35. The normalized spacial score (nSPS) is 26.4. The summed E-state index contributed by atoms with van der Waals surface area (Å²) in [5, 5.41) is 4.27. The highest BCUT2D eigenvalue weighted by Gasteiger charge is 2.18. The molecule has 3 unspecified atom stereocenters. The number of hydrogen-bond donors (Lipinski definition) is 1. The molecule has 1 saturated heterocycles. The molecule has 84 valence electrons. The monoisotopic (exact) mass is 217 g/mol. The molecular formula is C11H23NOS. The van der Waals surface area contributed by atoms with Crippen LogP contribution in [0.1, 0.15) is 33.1 Å². The van der Waals surface area contributed by atoms with Gasteiger partial charge in [0.15, 0.2) is 0 Å². The van der Waals surface area contributed by atoms with E-state index in [1.54, 1.807) is 0 Å². The Kier molecular flexibility index (Phi) is 5.90. The molecular weight excluding hydrogens is 194 g/mol. The van der Waals surface area contributed by atoms with Crippen LogP contribution in [-0.4, -0.2) is 36.8 Å². The minimum atomic E-state index is 0.516. The van der Waals surface area contributed by atoms with Gasteiger partial charge >= 0.3 is 0 Å². The third-order valence-electron chi connectivity index (χ3n) is 2.80. The van der Waals surface area contributed by atoms with Gasteiger partial charge in [0.05, 0.1) is 6.10 Å². The first-order valence-corrected chi connectivity index (χ1v) is 6.89. The van der Waals surface area contributed by atoms with Crippen LogP contribution in [0, 0.1) is 0 Å². The van der Waals surface area contributed by atoms with Gasteiger partial charge in [-0.3, -0.25) is 0 Å². The lowest BCUT2D eigenvalue weighted by Crippen LogP contribution is -2.33. The number of thioether (sulfide) groups is 1. The Morgan fingerprint density at radius 2 is 2.29 bits per heavy atom. The molecule has 3 heteroatoms. The third kappa shape index (κ3) is 4.67. The molecule has 2 nitrogen and oxygen atoms in total. The Bertz CT molecular complexity index is 148. The van der Waals surface area contributed by atoms with Crippen LogP contribution < -0.4 is 5.32 Å². The molecule has 14 heavy (non-hydrogen) atoms. The van der Waals surface area contributed by atoms with E-state index < -0.39 is 0 Å². The second kappa shape index (κ2) is 6.70. The molecule has 1 heterocycles. The standard InChI is InChI=1S/C11H23NOS/c1-9(12-8-10(2)14-3)7-11-5-4-6-13-11/h9-12H,4-8H2,1-3H3. The number of rotatable bonds is 6. The summed E-state index contributed by atoms with van der Waals surface area (Å²) in [6, 6.07) is 0.590. The molecule has 1 aliphatic rings. The van der Waals surface area contributed by atoms with Gasteiger partial charge < -0.3 is 10.1 Å². The quantitative estimate of drug-likeness (QED) is 0.737. The molecule has 1 fully saturated rings. The van der Waals surface area contributed by atoms with Gasteiger partial charge in [0.25, 0.3) is 0 Å². The van der Waals surface area contributed by atoms with Crippen molar-refractivity contribution in [1.82, 2.24) is 5.32 Å². The fourth-order valence-electron chi connectivity index (χ4n) is 1.76. The molecule has 0 aromatic rings. The van der Waals surface area contributed by atoms with Gasteiger partial charge in [-0.15, -0.1) is 0 Å². The third-order valence-corrected chi connectivity index (χ3v) is 3.77. The van der Waals surface area contributed by atoms with Crippen molar-refractivity contribution in [2.45, 2.75) is 50.5 Å². The van der Waals surface area contributed by atoms with E-state index in [2.05, 4.69) is 25.4 Å². The summed E-state index contributed by atoms with van der Waals surface area (Å²) in [5.74, 6) is 0. The van der Waals surface area contributed by atoms with Gasteiger partial charge in [0.2, 0.25) is 0 Å². The number of nitrogens with one attached hydrogen (secondary N) is 1. The first-order valence-electron chi connectivity index (χ1n) is 5.60. The van der Waals surface area contributed by atoms with E-state index in [0.29, 0.717) is 17.4 Å². The highest BCUT2D eigenvalue weighted by atomic mass is 32.2. The first-order chi connectivity index (χ1) is 6.72. The van der Waals surface area contributed by atoms with E-state index in [-0.39, 0.29) is 0 Å². The van der Waals surface area contributed by atoms with Crippen molar-refractivity contribution in [2.75, 3.05) is 19.4 Å². The largest absolute Gasteiger partial charge is 0.378 e. The average molecular weight is 217 g/mol. The van der Waals surface area contributed by atoms with Crippen molar-refractivity contribution in [1.29, 1.82) is 0 Å². The van der Waals surface area contributed by atoms with Crippen LogP contribution in [0.15, 0.2) is 0 Å². The maximum absolute atomic E-state index is 5.61. The minimum Gasteiger partial charge on any atom is -0.378 e. The fraction of sp³-hybridized carbons (Fsp3) is 1.00. The molecule has 0 aromatic carbocycles. The molecule has 1 aliphatic heterocycles. The summed E-state index contributed by atoms with van der Waals surface area (Å²) in [4.78, 5) is 0. The van der Waals surface area contributed by atoms with E-state index in [1.165, 1.54) is 19.3 Å². The zero-order valence-corrected chi connectivity index (χ0v) is 10.4. The molecule has 3 atom stereocenters. The summed E-state index contributed by atoms with van der Waals surface area (Å²) >= 11 is 1.92. The number of ether oxygens (including phenoxy) is 1. The molecule has 0 aromatic heterocycles. The average Bonchev–Trinajstić information content (AvgIpc) is 2.66. The minimum absolute atomic E-state index is 0.516. The van der Waals surface area contributed by atoms with Crippen LogP contribution in [0.5, 0.6) is 0 Å². The van der Waals surface area contributed by atoms with Crippen LogP contribution in [0.3, 0.4) is 0 Å². The molecule has 1 rings (SSSR count). The van der Waals surface area contributed by atoms with Crippen molar-refractivity contribution in [2.24, 2.45) is 0 Å². The molecule has 0 spiro atoms. The van der Waals surface area contributed by atoms with Crippen LogP contribution in [0.4, 0.5) is 0 Å². The molecule has 1 N–H and O–H groups in total. The lowest BCUT2D eigenvalue weighted by molar-refractivity contribution is 0.0964. The van der Waals surface area contributed by atoms with Crippen molar-refractivity contribution in [3.63, 3.8) is 0 Å². The summed E-state index contributed by atoms with van der Waals surface area (Å²) in [5.41, 5.74) is 0. The van der Waals surface area contributed by atoms with E-state index in [0.717, 1.165) is 13.2 Å². The summed E-state index contributed by atoms with van der Waals surface area (Å²) < 4.78 is 5.61. The number of hydrogen-bond acceptors (Lipinski definition) is 3. The summed E-state index contributed by atoms with van der Waals surface area (Å²) in [6.45, 7) is 6.60. The van der Waals surface area contributed by atoms with Crippen molar-refractivity contribution in [3.8, 4) is 0 Å². The van der Waals surface area contributed by atoms with E-state index >= 15 is 0 Å². The van der Waals surface area contributed by atoms with E-state index in [1.807, 2.05) is 11.8 Å². The zero-order chi connectivity index (χ0) is 10.4. The Labute approximate surface area is 92.2 Å². The van der Waals surface area contributed by atoms with Gasteiger partial charge in [-0.05, 0) is 32.4 Å².